The molecule has 0 fully saturated rings. The summed E-state index contributed by atoms with van der Waals surface area (Å²) in [6, 6.07) is 57.1. The molecule has 0 saturated heterocycles. The molecular weight excluding hydrogens is 617 g/mol. The van der Waals surface area contributed by atoms with E-state index in [1.807, 2.05) is 12.2 Å². The zero-order chi connectivity index (χ0) is 34.1. The van der Waals surface area contributed by atoms with Gasteiger partial charge in [-0.25, -0.2) is 4.98 Å². The minimum atomic E-state index is 0.926. The van der Waals surface area contributed by atoms with E-state index in [9.17, 15) is 0 Å². The SMILES string of the molecule is C=Cc1c(C=C)n2c3ccc(-c4c5ccccc5c(-c5ccc(-c6ccc7ccccc7c6)cc5)c5ccccc45)cc3nc2c2ccccc12. The van der Waals surface area contributed by atoms with E-state index in [0.29, 0.717) is 0 Å². The van der Waals surface area contributed by atoms with Gasteiger partial charge in [0.1, 0.15) is 5.65 Å². The first kappa shape index (κ1) is 29.2. The van der Waals surface area contributed by atoms with Gasteiger partial charge in [-0.15, -0.1) is 0 Å². The van der Waals surface area contributed by atoms with Gasteiger partial charge in [-0.2, -0.15) is 0 Å². The van der Waals surface area contributed by atoms with Crippen molar-refractivity contribution in [3.05, 3.63) is 182 Å². The Hall–Kier alpha value is -6.77. The van der Waals surface area contributed by atoms with Gasteiger partial charge in [0.2, 0.25) is 0 Å². The smallest absolute Gasteiger partial charge is 0.146 e. The highest BCUT2D eigenvalue weighted by Crippen LogP contribution is 2.44. The predicted octanol–water partition coefficient (Wildman–Crippen LogP) is 13.4. The normalized spacial score (nSPS) is 11.7. The number of benzene rings is 8. The van der Waals surface area contributed by atoms with Gasteiger partial charge in [-0.3, -0.25) is 4.40 Å². The Kier molecular flexibility index (Phi) is 6.52. The number of nitrogens with zero attached hydrogens (tertiary/aromatic N) is 2. The van der Waals surface area contributed by atoms with Crippen LogP contribution < -0.4 is 0 Å². The van der Waals surface area contributed by atoms with E-state index >= 15 is 0 Å². The first-order chi connectivity index (χ1) is 25.2. The number of aromatic nitrogens is 2. The lowest BCUT2D eigenvalue weighted by molar-refractivity contribution is 1.21. The number of imidazole rings is 1. The molecule has 0 bridgehead atoms. The van der Waals surface area contributed by atoms with Crippen molar-refractivity contribution in [3.63, 3.8) is 0 Å². The number of fused-ring (bicyclic) bond motifs is 8. The van der Waals surface area contributed by atoms with Crippen molar-refractivity contribution >= 4 is 71.9 Å². The second-order valence-corrected chi connectivity index (χ2v) is 13.2. The van der Waals surface area contributed by atoms with Crippen LogP contribution in [0.2, 0.25) is 0 Å². The average molecular weight is 649 g/mol. The summed E-state index contributed by atoms with van der Waals surface area (Å²) in [6.45, 7) is 8.33. The molecule has 0 N–H and O–H groups in total. The first-order valence-electron chi connectivity index (χ1n) is 17.4. The molecule has 10 aromatic rings. The van der Waals surface area contributed by atoms with Crippen molar-refractivity contribution in [2.45, 2.75) is 0 Å². The number of pyridine rings is 1. The Labute approximate surface area is 295 Å². The Bertz CT molecular complexity index is 2990. The van der Waals surface area contributed by atoms with Gasteiger partial charge in [0.05, 0.1) is 16.7 Å². The fourth-order valence-electron chi connectivity index (χ4n) is 8.20. The summed E-state index contributed by atoms with van der Waals surface area (Å²) in [7, 11) is 0. The van der Waals surface area contributed by atoms with E-state index < -0.39 is 0 Å². The molecule has 2 heterocycles. The third-order valence-corrected chi connectivity index (χ3v) is 10.5. The monoisotopic (exact) mass is 648 g/mol. The van der Waals surface area contributed by atoms with E-state index in [1.54, 1.807) is 0 Å². The summed E-state index contributed by atoms with van der Waals surface area (Å²) < 4.78 is 2.23. The fourth-order valence-corrected chi connectivity index (χ4v) is 8.20. The van der Waals surface area contributed by atoms with Crippen LogP contribution in [0.15, 0.2) is 171 Å². The van der Waals surface area contributed by atoms with Crippen LogP contribution in [0.4, 0.5) is 0 Å². The maximum absolute atomic E-state index is 5.27. The summed E-state index contributed by atoms with van der Waals surface area (Å²) in [4.78, 5) is 5.27. The second kappa shape index (κ2) is 11.4. The molecule has 0 unspecified atom stereocenters. The van der Waals surface area contributed by atoms with Gasteiger partial charge in [-0.1, -0.05) is 159 Å². The van der Waals surface area contributed by atoms with Crippen LogP contribution in [0.1, 0.15) is 11.3 Å². The Morgan fingerprint density at radius 2 is 0.961 bits per heavy atom. The van der Waals surface area contributed by atoms with E-state index in [-0.39, 0.29) is 0 Å². The van der Waals surface area contributed by atoms with E-state index in [2.05, 4.69) is 175 Å². The fraction of sp³-hybridized carbons (Fsp3) is 0. The number of rotatable bonds is 5. The number of hydrogen-bond donors (Lipinski definition) is 0. The zero-order valence-corrected chi connectivity index (χ0v) is 28.0. The van der Waals surface area contributed by atoms with Crippen molar-refractivity contribution in [1.82, 2.24) is 9.38 Å². The molecule has 2 nitrogen and oxygen atoms in total. The topological polar surface area (TPSA) is 17.3 Å². The van der Waals surface area contributed by atoms with Crippen LogP contribution in [0, 0.1) is 0 Å². The maximum Gasteiger partial charge on any atom is 0.146 e. The van der Waals surface area contributed by atoms with Crippen LogP contribution >= 0.6 is 0 Å². The second-order valence-electron chi connectivity index (χ2n) is 13.2. The third kappa shape index (κ3) is 4.40. The molecule has 10 rings (SSSR count). The molecule has 0 radical (unpaired) electrons. The van der Waals surface area contributed by atoms with Gasteiger partial charge in [0.15, 0.2) is 0 Å². The molecule has 0 aliphatic heterocycles. The lowest BCUT2D eigenvalue weighted by Gasteiger charge is -2.18. The van der Waals surface area contributed by atoms with Gasteiger partial charge in [-0.05, 0) is 95.4 Å². The molecule has 238 valence electrons. The number of hydrogen-bond acceptors (Lipinski definition) is 1. The Balaban J connectivity index is 1.18. The largest absolute Gasteiger partial charge is 0.292 e. The molecular formula is C49H32N2. The quantitative estimate of drug-likeness (QED) is 0.170. The molecule has 0 aliphatic rings. The zero-order valence-electron chi connectivity index (χ0n) is 28.0. The molecule has 0 aliphatic carbocycles. The minimum Gasteiger partial charge on any atom is -0.292 e. The van der Waals surface area contributed by atoms with Crippen LogP contribution in [0.5, 0.6) is 0 Å². The average Bonchev–Trinajstić information content (AvgIpc) is 3.58. The van der Waals surface area contributed by atoms with Crippen molar-refractivity contribution in [2.24, 2.45) is 0 Å². The molecule has 0 saturated carbocycles. The summed E-state index contributed by atoms with van der Waals surface area (Å²) in [6.07, 6.45) is 3.84. The van der Waals surface area contributed by atoms with Crippen molar-refractivity contribution in [1.29, 1.82) is 0 Å². The van der Waals surface area contributed by atoms with E-state index in [1.165, 1.54) is 60.1 Å². The molecule has 2 heteroatoms. The van der Waals surface area contributed by atoms with Crippen LogP contribution in [-0.2, 0) is 0 Å². The summed E-state index contributed by atoms with van der Waals surface area (Å²) in [5.41, 5.74) is 12.2. The molecule has 0 spiro atoms. The van der Waals surface area contributed by atoms with Gasteiger partial charge < -0.3 is 0 Å². The first-order valence-corrected chi connectivity index (χ1v) is 17.4. The lowest BCUT2D eigenvalue weighted by Crippen LogP contribution is -1.97. The maximum atomic E-state index is 5.27. The van der Waals surface area contributed by atoms with E-state index in [0.717, 1.165) is 44.3 Å². The molecule has 2 aromatic heterocycles. The highest BCUT2D eigenvalue weighted by atomic mass is 15.0. The van der Waals surface area contributed by atoms with Crippen LogP contribution in [0.25, 0.3) is 105 Å². The summed E-state index contributed by atoms with van der Waals surface area (Å²) in [5, 5.41) is 9.65. The Morgan fingerprint density at radius 3 is 1.61 bits per heavy atom. The van der Waals surface area contributed by atoms with Crippen molar-refractivity contribution < 1.29 is 0 Å². The van der Waals surface area contributed by atoms with Crippen molar-refractivity contribution in [2.75, 3.05) is 0 Å². The highest BCUT2D eigenvalue weighted by molar-refractivity contribution is 6.21. The molecule has 0 atom stereocenters. The highest BCUT2D eigenvalue weighted by Gasteiger charge is 2.19. The standard InChI is InChI=1S/C49H32N2/c1-3-37-38-15-7-12-20-43(38)49-50-44-30-36(27-28-46(44)51(49)45(37)4-2)48-41-18-10-8-16-39(41)47(40-17-9-11-19-42(40)48)33-24-21-32(22-25-33)35-26-23-31-13-5-6-14-34(31)29-35/h3-30H,1-2H2. The summed E-state index contributed by atoms with van der Waals surface area (Å²) >= 11 is 0. The predicted molar refractivity (Wildman–Crippen MR) is 219 cm³/mol. The van der Waals surface area contributed by atoms with Gasteiger partial charge >= 0.3 is 0 Å². The van der Waals surface area contributed by atoms with Crippen molar-refractivity contribution in [3.8, 4) is 33.4 Å². The Morgan fingerprint density at radius 1 is 0.431 bits per heavy atom. The van der Waals surface area contributed by atoms with Gasteiger partial charge in [0.25, 0.3) is 0 Å². The van der Waals surface area contributed by atoms with Crippen LogP contribution in [-0.4, -0.2) is 9.38 Å². The molecule has 51 heavy (non-hydrogen) atoms. The minimum absolute atomic E-state index is 0.926. The van der Waals surface area contributed by atoms with Gasteiger partial charge in [0, 0.05) is 10.9 Å². The lowest BCUT2D eigenvalue weighted by atomic mass is 9.85. The van der Waals surface area contributed by atoms with Crippen LogP contribution in [0.3, 0.4) is 0 Å². The summed E-state index contributed by atoms with van der Waals surface area (Å²) in [5.74, 6) is 0. The third-order valence-electron chi connectivity index (χ3n) is 10.5. The molecule has 0 amide bonds. The molecule has 8 aromatic carbocycles. The van der Waals surface area contributed by atoms with E-state index in [4.69, 9.17) is 4.98 Å².